The van der Waals surface area contributed by atoms with Crippen molar-refractivity contribution in [1.29, 1.82) is 0 Å². The molecule has 242 valence electrons. The lowest BCUT2D eigenvalue weighted by Crippen LogP contribution is -2.67. The molecule has 4 aromatic carbocycles. The summed E-state index contributed by atoms with van der Waals surface area (Å²) in [7, 11) is 0. The maximum atomic E-state index is 14.5. The van der Waals surface area contributed by atoms with Gasteiger partial charge in [-0.15, -0.1) is 0 Å². The number of Topliss-reactive ketones (excluding diaryl/α,β-unsaturated/α-hetero) is 2. The van der Waals surface area contributed by atoms with E-state index in [9.17, 15) is 29.4 Å². The molecule has 1 aliphatic rings. The topological polar surface area (TPSA) is 136 Å². The number of esters is 2. The molecule has 0 amide bonds. The molecule has 9 nitrogen and oxygen atoms in total. The van der Waals surface area contributed by atoms with E-state index in [1.165, 1.54) is 60.7 Å². The lowest BCUT2D eigenvalue weighted by atomic mass is 9.73. The minimum atomic E-state index is -3.00. The second-order valence-electron chi connectivity index (χ2n) is 11.3. The van der Waals surface area contributed by atoms with Gasteiger partial charge in [-0.05, 0) is 80.4 Å². The molecular weight excluding hydrogens is 647 g/mol. The Balaban J connectivity index is 1.67. The van der Waals surface area contributed by atoms with Gasteiger partial charge in [-0.25, -0.2) is 9.59 Å². The van der Waals surface area contributed by atoms with E-state index >= 15 is 0 Å². The van der Waals surface area contributed by atoms with Crippen molar-refractivity contribution in [2.24, 2.45) is 0 Å². The predicted octanol–water partition coefficient (Wildman–Crippen LogP) is 5.97. The van der Waals surface area contributed by atoms with Crippen LogP contribution in [0.15, 0.2) is 97.1 Å². The lowest BCUT2D eigenvalue weighted by molar-refractivity contribution is -0.181. The zero-order chi connectivity index (χ0) is 34.1. The van der Waals surface area contributed by atoms with Crippen LogP contribution in [0.5, 0.6) is 0 Å². The van der Waals surface area contributed by atoms with Crippen LogP contribution in [0.3, 0.4) is 0 Å². The highest BCUT2D eigenvalue weighted by Crippen LogP contribution is 2.48. The molecule has 1 saturated heterocycles. The Morgan fingerprint density at radius 2 is 1.21 bits per heavy atom. The number of carbonyl (C=O) groups is 4. The molecule has 1 heterocycles. The van der Waals surface area contributed by atoms with Crippen LogP contribution < -0.4 is 0 Å². The van der Waals surface area contributed by atoms with E-state index in [-0.39, 0.29) is 22.3 Å². The predicted molar refractivity (Wildman–Crippen MR) is 173 cm³/mol. The molecule has 0 saturated carbocycles. The molecule has 0 radical (unpaired) electrons. The number of aliphatic hydroxyl groups is 2. The van der Waals surface area contributed by atoms with Crippen molar-refractivity contribution in [2.45, 2.75) is 50.5 Å². The van der Waals surface area contributed by atoms with Gasteiger partial charge in [0.1, 0.15) is 12.2 Å². The highest BCUT2D eigenvalue weighted by Gasteiger charge is 2.74. The fourth-order valence-corrected chi connectivity index (χ4v) is 5.77. The summed E-state index contributed by atoms with van der Waals surface area (Å²) < 4.78 is 17.5. The maximum absolute atomic E-state index is 14.5. The zero-order valence-electron chi connectivity index (χ0n) is 25.5. The van der Waals surface area contributed by atoms with Gasteiger partial charge in [0.25, 0.3) is 0 Å². The third-order valence-electron chi connectivity index (χ3n) is 8.27. The quantitative estimate of drug-likeness (QED) is 0.162. The fraction of sp³-hybridized carbons (Fsp3) is 0.222. The van der Waals surface area contributed by atoms with Gasteiger partial charge in [0.2, 0.25) is 23.3 Å². The molecule has 0 bridgehead atoms. The number of hydrogen-bond donors (Lipinski definition) is 2. The summed E-state index contributed by atoms with van der Waals surface area (Å²) in [6.07, 6.45) is -6.29. The normalized spacial score (nSPS) is 22.7. The van der Waals surface area contributed by atoms with E-state index in [0.717, 1.165) is 6.92 Å². The number of ketones is 2. The Kier molecular flexibility index (Phi) is 9.68. The second-order valence-corrected chi connectivity index (χ2v) is 12.2. The van der Waals surface area contributed by atoms with Gasteiger partial charge in [0.05, 0.1) is 11.1 Å². The molecule has 1 unspecified atom stereocenters. The summed E-state index contributed by atoms with van der Waals surface area (Å²) in [5.74, 6) is -3.97. The van der Waals surface area contributed by atoms with Gasteiger partial charge < -0.3 is 24.4 Å². The van der Waals surface area contributed by atoms with Crippen LogP contribution in [0, 0.1) is 13.8 Å². The summed E-state index contributed by atoms with van der Waals surface area (Å²) in [5.41, 5.74) is -4.54. The van der Waals surface area contributed by atoms with Gasteiger partial charge in [-0.3, -0.25) is 9.59 Å². The van der Waals surface area contributed by atoms with Crippen molar-refractivity contribution >= 4 is 46.7 Å². The van der Waals surface area contributed by atoms with Crippen molar-refractivity contribution in [3.63, 3.8) is 0 Å². The smallest absolute Gasteiger partial charge is 0.340 e. The first kappa shape index (κ1) is 34.0. The monoisotopic (exact) mass is 676 g/mol. The molecular formula is C36H30Cl2O9. The van der Waals surface area contributed by atoms with Crippen LogP contribution in [0.2, 0.25) is 10.0 Å². The lowest BCUT2D eigenvalue weighted by Gasteiger charge is -2.40. The molecule has 11 heteroatoms. The highest BCUT2D eigenvalue weighted by molar-refractivity contribution is 6.31. The second kappa shape index (κ2) is 13.4. The third kappa shape index (κ3) is 6.33. The molecule has 5 rings (SSSR count). The van der Waals surface area contributed by atoms with Gasteiger partial charge in [0, 0.05) is 21.2 Å². The molecule has 0 aromatic heterocycles. The van der Waals surface area contributed by atoms with Crippen LogP contribution in [0.25, 0.3) is 0 Å². The first-order valence-corrected chi connectivity index (χ1v) is 15.2. The molecule has 1 aliphatic heterocycles. The molecule has 2 N–H and O–H groups in total. The minimum Gasteiger partial charge on any atom is -0.445 e. The van der Waals surface area contributed by atoms with Crippen LogP contribution in [0.1, 0.15) is 59.5 Å². The number of aliphatic hydroxyl groups excluding tert-OH is 1. The average Bonchev–Trinajstić information content (AvgIpc) is 3.27. The standard InChI is InChI=1S/C36H30Cl2O9/c1-20-8-4-6-10-26(20)28(39)29(40)31-36(44,30(41)27-11-7-5-9-21(27)2)35(3,47-33(43)23-14-18-25(38)19-15-23)34(45-31)46-32(42)22-12-16-24(37)17-13-22/h4-19,29,31,34,40,44H,1-3H3/t29?,31-,34-,35+,36-/m1/s1. The number of aryl methyl sites for hydroxylation is 2. The van der Waals surface area contributed by atoms with Gasteiger partial charge in [-0.1, -0.05) is 71.7 Å². The van der Waals surface area contributed by atoms with Crippen LogP contribution >= 0.6 is 23.2 Å². The van der Waals surface area contributed by atoms with E-state index in [4.69, 9.17) is 37.4 Å². The average molecular weight is 678 g/mol. The summed E-state index contributed by atoms with van der Waals surface area (Å²) >= 11 is 12.0. The van der Waals surface area contributed by atoms with Crippen LogP contribution in [0.4, 0.5) is 0 Å². The fourth-order valence-electron chi connectivity index (χ4n) is 5.52. The molecule has 0 aliphatic carbocycles. The van der Waals surface area contributed by atoms with Crippen molar-refractivity contribution in [3.05, 3.63) is 140 Å². The van der Waals surface area contributed by atoms with E-state index in [1.807, 2.05) is 0 Å². The van der Waals surface area contributed by atoms with Crippen LogP contribution in [-0.4, -0.2) is 63.4 Å². The molecule has 1 fully saturated rings. The van der Waals surface area contributed by atoms with Crippen molar-refractivity contribution in [2.75, 3.05) is 0 Å². The van der Waals surface area contributed by atoms with Crippen LogP contribution in [-0.2, 0) is 14.2 Å². The molecule has 5 atom stereocenters. The van der Waals surface area contributed by atoms with E-state index < -0.39 is 53.2 Å². The number of ether oxygens (including phenoxy) is 3. The Labute approximate surface area is 280 Å². The summed E-state index contributed by atoms with van der Waals surface area (Å²) in [6.45, 7) is 4.40. The van der Waals surface area contributed by atoms with E-state index in [1.54, 1.807) is 50.2 Å². The SMILES string of the molecule is Cc1ccccc1C(=O)C(O)[C@H]1O[C@H](OC(=O)c2ccc(Cl)cc2)[C@](C)(OC(=O)c2ccc(Cl)cc2)[C@@]1(O)C(=O)c1ccccc1C. The Hall–Kier alpha value is -4.38. The molecule has 0 spiro atoms. The maximum Gasteiger partial charge on any atom is 0.340 e. The highest BCUT2D eigenvalue weighted by atomic mass is 35.5. The van der Waals surface area contributed by atoms with E-state index in [2.05, 4.69) is 0 Å². The minimum absolute atomic E-state index is 0.0122. The number of rotatable bonds is 9. The first-order chi connectivity index (χ1) is 22.3. The summed E-state index contributed by atoms with van der Waals surface area (Å²) in [6, 6.07) is 23.9. The van der Waals surface area contributed by atoms with Crippen molar-refractivity contribution in [3.8, 4) is 0 Å². The van der Waals surface area contributed by atoms with Gasteiger partial charge in [0.15, 0.2) is 5.78 Å². The van der Waals surface area contributed by atoms with Gasteiger partial charge in [-0.2, -0.15) is 0 Å². The summed E-state index contributed by atoms with van der Waals surface area (Å²) in [4.78, 5) is 55.3. The molecule has 47 heavy (non-hydrogen) atoms. The van der Waals surface area contributed by atoms with Crippen molar-refractivity contribution in [1.82, 2.24) is 0 Å². The van der Waals surface area contributed by atoms with E-state index in [0.29, 0.717) is 21.2 Å². The number of halogens is 2. The number of carbonyl (C=O) groups excluding carboxylic acids is 4. The van der Waals surface area contributed by atoms with Gasteiger partial charge >= 0.3 is 11.9 Å². The zero-order valence-corrected chi connectivity index (χ0v) is 27.0. The number of benzene rings is 4. The number of hydrogen-bond acceptors (Lipinski definition) is 9. The van der Waals surface area contributed by atoms with Crippen molar-refractivity contribution < 1.29 is 43.6 Å². The largest absolute Gasteiger partial charge is 0.445 e. The third-order valence-corrected chi connectivity index (χ3v) is 8.77. The first-order valence-electron chi connectivity index (χ1n) is 14.5. The Morgan fingerprint density at radius 1 is 0.745 bits per heavy atom. The summed E-state index contributed by atoms with van der Waals surface area (Å²) in [5, 5.41) is 25.0. The molecule has 4 aromatic rings. The Bertz CT molecular complexity index is 1840. The Morgan fingerprint density at radius 3 is 1.72 bits per heavy atom.